The molecule has 0 saturated carbocycles. The third-order valence-electron chi connectivity index (χ3n) is 4.44. The summed E-state index contributed by atoms with van der Waals surface area (Å²) in [4.78, 5) is 59.8. The molecule has 0 unspecified atom stereocenters. The molecular weight excluding hydrogens is 720 g/mol. The van der Waals surface area contributed by atoms with Crippen molar-refractivity contribution in [3.8, 4) is 0 Å². The van der Waals surface area contributed by atoms with E-state index in [4.69, 9.17) is 61.3 Å². The standard InChI is InChI=1S/3C6H10O8.3Ca/c3*7-1(3(9)5(11)12)2(8)4(10)6(13)14;;;/h3*1-4,7-10H,(H,11,12)(H,13,14);;;/q;;;3*+2/p-6/t3*1-,2-,3-,4+;;;/m000.../s1. The first-order valence-corrected chi connectivity index (χ1v) is 10.3. The molecule has 0 rings (SSSR count). The van der Waals surface area contributed by atoms with Gasteiger partial charge in [-0.3, -0.25) is 0 Å². The Morgan fingerprint density at radius 1 is 0.267 bits per heavy atom. The van der Waals surface area contributed by atoms with Gasteiger partial charge in [-0.25, -0.2) is 0 Å². The summed E-state index contributed by atoms with van der Waals surface area (Å²) in [6.45, 7) is 0. The average Bonchev–Trinajstić information content (AvgIpc) is 2.92. The number of carbonyl (C=O) groups excluding carboxylic acids is 6. The Balaban J connectivity index is -0.000000123. The number of aliphatic hydroxyl groups is 12. The van der Waals surface area contributed by atoms with E-state index in [0.29, 0.717) is 0 Å². The van der Waals surface area contributed by atoms with Gasteiger partial charge in [0.15, 0.2) is 0 Å². The van der Waals surface area contributed by atoms with E-state index < -0.39 is 109 Å². The van der Waals surface area contributed by atoms with E-state index >= 15 is 0 Å². The molecular formula is C18H24Ca3O24. The number of hydrogen-bond donors (Lipinski definition) is 12. The number of aliphatic carboxylic acids is 6. The molecule has 0 heterocycles. The van der Waals surface area contributed by atoms with Crippen LogP contribution in [-0.2, 0) is 28.8 Å². The predicted octanol–water partition coefficient (Wildman–Crippen LogP) is -19.4. The summed E-state index contributed by atoms with van der Waals surface area (Å²) in [5, 5.41) is 164. The van der Waals surface area contributed by atoms with Gasteiger partial charge >= 0.3 is 113 Å². The fourth-order valence-corrected chi connectivity index (χ4v) is 1.96. The second-order valence-corrected chi connectivity index (χ2v) is 7.53. The van der Waals surface area contributed by atoms with Crippen LogP contribution in [0.3, 0.4) is 0 Å². The van der Waals surface area contributed by atoms with Crippen molar-refractivity contribution < 1.29 is 121 Å². The van der Waals surface area contributed by atoms with Crippen LogP contribution in [0.1, 0.15) is 0 Å². The van der Waals surface area contributed by atoms with Gasteiger partial charge in [-0.2, -0.15) is 0 Å². The van der Waals surface area contributed by atoms with E-state index in [0.717, 1.165) is 0 Å². The van der Waals surface area contributed by atoms with Crippen LogP contribution < -0.4 is 30.6 Å². The number of rotatable bonds is 15. The van der Waals surface area contributed by atoms with Crippen molar-refractivity contribution in [1.82, 2.24) is 0 Å². The predicted molar refractivity (Wildman–Crippen MR) is 119 cm³/mol. The van der Waals surface area contributed by atoms with Crippen molar-refractivity contribution in [2.24, 2.45) is 0 Å². The van der Waals surface area contributed by atoms with E-state index in [9.17, 15) is 59.4 Å². The van der Waals surface area contributed by atoms with Gasteiger partial charge in [0.2, 0.25) is 0 Å². The molecule has 0 aromatic rings. The minimum Gasteiger partial charge on any atom is -0.547 e. The summed E-state index contributed by atoms with van der Waals surface area (Å²) < 4.78 is 0. The maximum atomic E-state index is 9.96. The van der Waals surface area contributed by atoms with Gasteiger partial charge in [0.25, 0.3) is 0 Å². The molecule has 45 heavy (non-hydrogen) atoms. The largest absolute Gasteiger partial charge is 2.00 e. The minimum atomic E-state index is -2.50. The van der Waals surface area contributed by atoms with E-state index in [1.165, 1.54) is 0 Å². The van der Waals surface area contributed by atoms with E-state index in [-0.39, 0.29) is 113 Å². The molecule has 0 aliphatic heterocycles. The van der Waals surface area contributed by atoms with Crippen LogP contribution in [0.2, 0.25) is 0 Å². The first-order chi connectivity index (χ1) is 18.9. The van der Waals surface area contributed by atoms with Gasteiger partial charge in [-0.15, -0.1) is 0 Å². The molecule has 0 spiro atoms. The summed E-state index contributed by atoms with van der Waals surface area (Å²) in [5.74, 6) is -12.7. The Kier molecular flexibility index (Phi) is 35.7. The summed E-state index contributed by atoms with van der Waals surface area (Å²) >= 11 is 0. The molecule has 0 bridgehead atoms. The molecule has 0 aromatic heterocycles. The Bertz CT molecular complexity index is 736. The average molecular weight is 745 g/mol. The Labute approximate surface area is 339 Å². The molecule has 0 saturated heterocycles. The summed E-state index contributed by atoms with van der Waals surface area (Å²) in [5.41, 5.74) is 0. The fourth-order valence-electron chi connectivity index (χ4n) is 1.96. The number of hydrogen-bond acceptors (Lipinski definition) is 24. The monoisotopic (exact) mass is 744 g/mol. The zero-order valence-corrected chi connectivity index (χ0v) is 28.9. The van der Waals surface area contributed by atoms with Gasteiger partial charge in [-0.1, -0.05) is 0 Å². The third-order valence-corrected chi connectivity index (χ3v) is 4.44. The van der Waals surface area contributed by atoms with Gasteiger partial charge < -0.3 is 121 Å². The quantitative estimate of drug-likeness (QED) is 0.0692. The Morgan fingerprint density at radius 3 is 0.378 bits per heavy atom. The molecule has 12 atom stereocenters. The summed E-state index contributed by atoms with van der Waals surface area (Å²) in [6.07, 6.45) is -29.3. The molecule has 0 radical (unpaired) electrons. The molecule has 0 fully saturated rings. The minimum absolute atomic E-state index is 0. The molecule has 12 N–H and O–H groups in total. The van der Waals surface area contributed by atoms with Crippen molar-refractivity contribution in [2.75, 3.05) is 0 Å². The third kappa shape index (κ3) is 21.7. The van der Waals surface area contributed by atoms with Crippen LogP contribution in [0.4, 0.5) is 0 Å². The topological polar surface area (TPSA) is 484 Å². The molecule has 27 heteroatoms. The molecule has 246 valence electrons. The van der Waals surface area contributed by atoms with Crippen LogP contribution in [0.15, 0.2) is 0 Å². The maximum absolute atomic E-state index is 9.96. The zero-order valence-electron chi connectivity index (χ0n) is 22.3. The first-order valence-electron chi connectivity index (χ1n) is 10.3. The molecule has 0 aliphatic rings. The fraction of sp³-hybridized carbons (Fsp3) is 0.667. The Morgan fingerprint density at radius 2 is 0.333 bits per heavy atom. The van der Waals surface area contributed by atoms with Crippen molar-refractivity contribution in [3.63, 3.8) is 0 Å². The van der Waals surface area contributed by atoms with Crippen LogP contribution >= 0.6 is 0 Å². The molecule has 0 amide bonds. The van der Waals surface area contributed by atoms with Crippen LogP contribution in [0.25, 0.3) is 0 Å². The number of carbonyl (C=O) groups is 6. The van der Waals surface area contributed by atoms with Gasteiger partial charge in [0.1, 0.15) is 73.2 Å². The second-order valence-electron chi connectivity index (χ2n) is 7.53. The Hall–Kier alpha value is 0.119. The zero-order chi connectivity index (χ0) is 34.4. The number of carboxylic acid groups (broad SMARTS) is 6. The van der Waals surface area contributed by atoms with Crippen LogP contribution in [-0.4, -0.2) is 284 Å². The van der Waals surface area contributed by atoms with Crippen molar-refractivity contribution in [1.29, 1.82) is 0 Å². The van der Waals surface area contributed by atoms with E-state index in [1.807, 2.05) is 0 Å². The molecule has 0 aliphatic carbocycles. The van der Waals surface area contributed by atoms with E-state index in [1.54, 1.807) is 0 Å². The van der Waals surface area contributed by atoms with Crippen molar-refractivity contribution in [3.05, 3.63) is 0 Å². The molecule has 24 nitrogen and oxygen atoms in total. The van der Waals surface area contributed by atoms with Crippen LogP contribution in [0, 0.1) is 0 Å². The van der Waals surface area contributed by atoms with Gasteiger partial charge in [0.05, 0.1) is 35.8 Å². The van der Waals surface area contributed by atoms with Crippen molar-refractivity contribution >= 4 is 149 Å². The SMILES string of the molecule is O=C([O-])[C@@H](O)[C@@H](O)[C@H](O)[C@@H](O)C(=O)[O-].O=C([O-])[C@@H](O)[C@@H](O)[C@H](O)[C@@H](O)C(=O)[O-].O=C([O-])[C@@H](O)[C@@H](O)[C@H](O)[C@@H](O)C(=O)[O-].[Ca+2].[Ca+2].[Ca+2]. The van der Waals surface area contributed by atoms with Gasteiger partial charge in [0, 0.05) is 0 Å². The molecule has 0 aromatic carbocycles. The van der Waals surface area contributed by atoms with Gasteiger partial charge in [-0.05, 0) is 0 Å². The summed E-state index contributed by atoms with van der Waals surface area (Å²) in [6, 6.07) is 0. The maximum Gasteiger partial charge on any atom is 2.00 e. The van der Waals surface area contributed by atoms with Crippen molar-refractivity contribution in [2.45, 2.75) is 73.2 Å². The number of carboxylic acids is 6. The van der Waals surface area contributed by atoms with Crippen LogP contribution in [0.5, 0.6) is 0 Å². The summed E-state index contributed by atoms with van der Waals surface area (Å²) in [7, 11) is 0. The second kappa shape index (κ2) is 28.0. The smallest absolute Gasteiger partial charge is 0.547 e. The first kappa shape index (κ1) is 57.4. The normalized spacial score (nSPS) is 18.1. The number of aliphatic hydroxyl groups excluding tert-OH is 12. The van der Waals surface area contributed by atoms with E-state index in [2.05, 4.69) is 0 Å².